The lowest BCUT2D eigenvalue weighted by Crippen LogP contribution is -2.43. The van der Waals surface area contributed by atoms with Crippen LogP contribution in [-0.4, -0.2) is 41.8 Å². The van der Waals surface area contributed by atoms with Crippen LogP contribution in [0.25, 0.3) is 10.9 Å². The van der Waals surface area contributed by atoms with Gasteiger partial charge < -0.3 is 19.9 Å². The number of piperazine rings is 1. The largest absolute Gasteiger partial charge is 0.477 e. The number of carboxylic acids is 1. The Morgan fingerprint density at radius 2 is 2.08 bits per heavy atom. The van der Waals surface area contributed by atoms with E-state index in [1.165, 1.54) is 11.3 Å². The molecule has 3 heterocycles. The Kier molecular flexibility index (Phi) is 4.44. The SMILES string of the molecule is CCCCC1Cc2c(N3CCNCC3)ccc3c(=O)c(C(=O)O)cn1c23. The minimum absolute atomic E-state index is 0.123. The molecule has 26 heavy (non-hydrogen) atoms. The van der Waals surface area contributed by atoms with Crippen LogP contribution in [0.2, 0.25) is 0 Å². The number of carbonyl (C=O) groups is 1. The van der Waals surface area contributed by atoms with Gasteiger partial charge in [0.1, 0.15) is 5.56 Å². The maximum atomic E-state index is 12.7. The number of anilines is 1. The summed E-state index contributed by atoms with van der Waals surface area (Å²) in [6, 6.07) is 4.07. The molecule has 0 bridgehead atoms. The Balaban J connectivity index is 1.90. The van der Waals surface area contributed by atoms with E-state index in [-0.39, 0.29) is 17.0 Å². The van der Waals surface area contributed by atoms with Crippen LogP contribution in [0.1, 0.15) is 48.1 Å². The van der Waals surface area contributed by atoms with Crippen LogP contribution in [0.15, 0.2) is 23.1 Å². The maximum absolute atomic E-state index is 12.7. The number of hydrogen-bond acceptors (Lipinski definition) is 4. The smallest absolute Gasteiger partial charge is 0.341 e. The number of hydrogen-bond donors (Lipinski definition) is 2. The van der Waals surface area contributed by atoms with Crippen LogP contribution in [0, 0.1) is 0 Å². The number of aromatic carboxylic acids is 1. The van der Waals surface area contributed by atoms with Crippen molar-refractivity contribution in [2.24, 2.45) is 0 Å². The number of pyridine rings is 1. The van der Waals surface area contributed by atoms with E-state index < -0.39 is 5.97 Å². The third kappa shape index (κ3) is 2.69. The third-order valence-electron chi connectivity index (χ3n) is 5.69. The second kappa shape index (κ2) is 6.76. The van der Waals surface area contributed by atoms with Crippen LogP contribution < -0.4 is 15.6 Å². The second-order valence-electron chi connectivity index (χ2n) is 7.28. The minimum Gasteiger partial charge on any atom is -0.477 e. The van der Waals surface area contributed by atoms with Crippen LogP contribution >= 0.6 is 0 Å². The zero-order valence-electron chi connectivity index (χ0n) is 15.1. The number of unbranched alkanes of at least 4 members (excludes halogenated alkanes) is 1. The van der Waals surface area contributed by atoms with Gasteiger partial charge in [-0.3, -0.25) is 4.79 Å². The molecule has 1 fully saturated rings. The van der Waals surface area contributed by atoms with E-state index in [1.807, 2.05) is 12.1 Å². The summed E-state index contributed by atoms with van der Waals surface area (Å²) in [5.74, 6) is -1.14. The highest BCUT2D eigenvalue weighted by atomic mass is 16.4. The normalized spacial score (nSPS) is 19.3. The fourth-order valence-electron chi connectivity index (χ4n) is 4.37. The highest BCUT2D eigenvalue weighted by Gasteiger charge is 2.30. The molecule has 0 spiro atoms. The van der Waals surface area contributed by atoms with Gasteiger partial charge in [0, 0.05) is 55.1 Å². The van der Waals surface area contributed by atoms with Crippen LogP contribution in [0.5, 0.6) is 0 Å². The Labute approximate surface area is 152 Å². The maximum Gasteiger partial charge on any atom is 0.341 e. The van der Waals surface area contributed by atoms with Gasteiger partial charge in [-0.25, -0.2) is 4.79 Å². The molecule has 1 saturated heterocycles. The summed E-state index contributed by atoms with van der Waals surface area (Å²) in [6.45, 7) is 5.99. The molecule has 1 aromatic carbocycles. The standard InChI is InChI=1S/C20H25N3O3/c1-2-3-4-13-11-15-17(22-9-7-21-8-10-22)6-5-14-18(15)23(13)12-16(19(14)24)20(25)26/h5-6,12-13,21H,2-4,7-11H2,1H3,(H,25,26). The molecule has 2 N–H and O–H groups in total. The molecule has 2 aliphatic heterocycles. The zero-order chi connectivity index (χ0) is 18.3. The molecule has 1 unspecified atom stereocenters. The van der Waals surface area contributed by atoms with E-state index in [4.69, 9.17) is 0 Å². The van der Waals surface area contributed by atoms with Crippen LogP contribution in [-0.2, 0) is 6.42 Å². The Bertz CT molecular complexity index is 913. The molecule has 1 atom stereocenters. The van der Waals surface area contributed by atoms with Crippen molar-refractivity contribution in [3.8, 4) is 0 Å². The van der Waals surface area contributed by atoms with Gasteiger partial charge in [0.05, 0.1) is 5.52 Å². The van der Waals surface area contributed by atoms with E-state index in [0.29, 0.717) is 5.39 Å². The number of aromatic nitrogens is 1. The minimum atomic E-state index is -1.14. The van der Waals surface area contributed by atoms with Crippen molar-refractivity contribution in [1.82, 2.24) is 9.88 Å². The summed E-state index contributed by atoms with van der Waals surface area (Å²) in [7, 11) is 0. The van der Waals surface area contributed by atoms with Crippen molar-refractivity contribution in [2.75, 3.05) is 31.1 Å². The molecule has 6 nitrogen and oxygen atoms in total. The number of benzene rings is 1. The topological polar surface area (TPSA) is 74.6 Å². The summed E-state index contributed by atoms with van der Waals surface area (Å²) in [5, 5.41) is 13.4. The monoisotopic (exact) mass is 355 g/mol. The van der Waals surface area contributed by atoms with E-state index in [0.717, 1.165) is 57.4 Å². The Morgan fingerprint density at radius 3 is 2.77 bits per heavy atom. The molecular formula is C20H25N3O3. The molecule has 6 heteroatoms. The lowest BCUT2D eigenvalue weighted by atomic mass is 10.0. The van der Waals surface area contributed by atoms with Crippen LogP contribution in [0.4, 0.5) is 5.69 Å². The van der Waals surface area contributed by atoms with Crippen LogP contribution in [0.3, 0.4) is 0 Å². The molecule has 0 radical (unpaired) electrons. The predicted molar refractivity (Wildman–Crippen MR) is 103 cm³/mol. The number of rotatable bonds is 5. The molecule has 4 rings (SSSR count). The zero-order valence-corrected chi connectivity index (χ0v) is 15.1. The first-order valence-corrected chi connectivity index (χ1v) is 9.51. The molecule has 2 aliphatic rings. The average Bonchev–Trinajstić information content (AvgIpc) is 3.02. The van der Waals surface area contributed by atoms with Crippen molar-refractivity contribution < 1.29 is 9.90 Å². The summed E-state index contributed by atoms with van der Waals surface area (Å²) >= 11 is 0. The molecule has 0 saturated carbocycles. The van der Waals surface area contributed by atoms with Gasteiger partial charge in [-0.05, 0) is 25.0 Å². The van der Waals surface area contributed by atoms with E-state index in [9.17, 15) is 14.7 Å². The summed E-state index contributed by atoms with van der Waals surface area (Å²) in [6.07, 6.45) is 5.65. The van der Waals surface area contributed by atoms with Gasteiger partial charge in [0.15, 0.2) is 0 Å². The van der Waals surface area contributed by atoms with Crippen molar-refractivity contribution in [1.29, 1.82) is 0 Å². The van der Waals surface area contributed by atoms with Gasteiger partial charge in [-0.1, -0.05) is 19.8 Å². The van der Waals surface area contributed by atoms with E-state index in [2.05, 4.69) is 21.7 Å². The van der Waals surface area contributed by atoms with Gasteiger partial charge in [0.25, 0.3) is 0 Å². The van der Waals surface area contributed by atoms with Gasteiger partial charge in [-0.2, -0.15) is 0 Å². The second-order valence-corrected chi connectivity index (χ2v) is 7.28. The first kappa shape index (κ1) is 17.1. The highest BCUT2D eigenvalue weighted by molar-refractivity contribution is 5.96. The molecule has 138 valence electrons. The van der Waals surface area contributed by atoms with Gasteiger partial charge in [-0.15, -0.1) is 0 Å². The van der Waals surface area contributed by atoms with E-state index >= 15 is 0 Å². The Hall–Kier alpha value is -2.34. The quantitative estimate of drug-likeness (QED) is 0.861. The van der Waals surface area contributed by atoms with E-state index in [1.54, 1.807) is 6.20 Å². The lowest BCUT2D eigenvalue weighted by molar-refractivity contribution is 0.0694. The summed E-state index contributed by atoms with van der Waals surface area (Å²) < 4.78 is 2.07. The van der Waals surface area contributed by atoms with Crippen molar-refractivity contribution in [3.05, 3.63) is 39.7 Å². The highest BCUT2D eigenvalue weighted by Crippen LogP contribution is 2.39. The molecular weight excluding hydrogens is 330 g/mol. The summed E-state index contributed by atoms with van der Waals surface area (Å²) in [4.78, 5) is 26.6. The van der Waals surface area contributed by atoms with Crippen molar-refractivity contribution in [2.45, 2.75) is 38.6 Å². The molecule has 0 aliphatic carbocycles. The van der Waals surface area contributed by atoms with Gasteiger partial charge >= 0.3 is 5.97 Å². The molecule has 1 aromatic heterocycles. The predicted octanol–water partition coefficient (Wildman–Crippen LogP) is 2.40. The lowest BCUT2D eigenvalue weighted by Gasteiger charge is -2.31. The fraction of sp³-hybridized carbons (Fsp3) is 0.500. The van der Waals surface area contributed by atoms with Crippen molar-refractivity contribution >= 4 is 22.6 Å². The first-order valence-electron chi connectivity index (χ1n) is 9.51. The Morgan fingerprint density at radius 1 is 1.31 bits per heavy atom. The number of nitrogens with zero attached hydrogens (tertiary/aromatic N) is 2. The number of nitrogens with one attached hydrogen (secondary N) is 1. The average molecular weight is 355 g/mol. The first-order chi connectivity index (χ1) is 12.6. The van der Waals surface area contributed by atoms with Gasteiger partial charge in [0.2, 0.25) is 5.43 Å². The van der Waals surface area contributed by atoms with Crippen molar-refractivity contribution in [3.63, 3.8) is 0 Å². The molecule has 2 aromatic rings. The summed E-state index contributed by atoms with van der Waals surface area (Å²) in [5.41, 5.74) is 2.86. The fourth-order valence-corrected chi connectivity index (χ4v) is 4.37. The number of carboxylic acid groups (broad SMARTS) is 1. The third-order valence-corrected chi connectivity index (χ3v) is 5.69. The molecule has 0 amide bonds.